The second-order valence-electron chi connectivity index (χ2n) is 5.79. The number of carbonyl (C=O) groups is 1. The number of hydrogen-bond donors (Lipinski definition) is 2. The average Bonchev–Trinajstić information content (AvgIpc) is 2.61. The number of aromatic nitrogens is 1. The fourth-order valence-electron chi connectivity index (χ4n) is 3.12. The SMILES string of the molecule is O=C(N[C@@H]1CCOc2ccccc21)c1cc(=O)[nH]c2ccccc12. The van der Waals surface area contributed by atoms with Gasteiger partial charge in [0.05, 0.1) is 18.2 Å². The second kappa shape index (κ2) is 5.85. The van der Waals surface area contributed by atoms with Gasteiger partial charge in [0.25, 0.3) is 5.91 Å². The molecule has 3 aromatic rings. The molecule has 0 fully saturated rings. The summed E-state index contributed by atoms with van der Waals surface area (Å²) < 4.78 is 5.62. The Bertz CT molecular complexity index is 978. The quantitative estimate of drug-likeness (QED) is 0.763. The molecule has 4 rings (SSSR count). The summed E-state index contributed by atoms with van der Waals surface area (Å²) in [7, 11) is 0. The molecule has 24 heavy (non-hydrogen) atoms. The van der Waals surface area contributed by atoms with Crippen molar-refractivity contribution >= 4 is 16.8 Å². The first kappa shape index (κ1) is 14.5. The van der Waals surface area contributed by atoms with Gasteiger partial charge in [-0.2, -0.15) is 0 Å². The largest absolute Gasteiger partial charge is 0.493 e. The number of rotatable bonds is 2. The number of aromatic amines is 1. The molecule has 120 valence electrons. The summed E-state index contributed by atoms with van der Waals surface area (Å²) in [4.78, 5) is 27.4. The number of H-pyrrole nitrogens is 1. The van der Waals surface area contributed by atoms with Gasteiger partial charge in [0.1, 0.15) is 5.75 Å². The van der Waals surface area contributed by atoms with E-state index in [2.05, 4.69) is 10.3 Å². The number of benzene rings is 2. The predicted molar refractivity (Wildman–Crippen MR) is 91.3 cm³/mol. The molecule has 0 aliphatic carbocycles. The zero-order chi connectivity index (χ0) is 16.5. The van der Waals surface area contributed by atoms with Gasteiger partial charge < -0.3 is 15.0 Å². The van der Waals surface area contributed by atoms with Crippen molar-refractivity contribution in [1.29, 1.82) is 0 Å². The van der Waals surface area contributed by atoms with E-state index in [0.717, 1.165) is 16.7 Å². The van der Waals surface area contributed by atoms with Crippen LogP contribution in [0.15, 0.2) is 59.4 Å². The van der Waals surface area contributed by atoms with Gasteiger partial charge in [0.15, 0.2) is 0 Å². The summed E-state index contributed by atoms with van der Waals surface area (Å²) in [5, 5.41) is 3.77. The molecule has 0 spiro atoms. The molecule has 1 aliphatic heterocycles. The van der Waals surface area contributed by atoms with Crippen LogP contribution in [0.1, 0.15) is 28.4 Å². The molecule has 5 nitrogen and oxygen atoms in total. The lowest BCUT2D eigenvalue weighted by Gasteiger charge is -2.26. The first-order chi connectivity index (χ1) is 11.7. The molecular formula is C19H16N2O3. The third kappa shape index (κ3) is 2.54. The second-order valence-corrected chi connectivity index (χ2v) is 5.79. The Kier molecular flexibility index (Phi) is 3.54. The predicted octanol–water partition coefficient (Wildman–Crippen LogP) is 2.78. The average molecular weight is 320 g/mol. The van der Waals surface area contributed by atoms with Crippen LogP contribution in [0.3, 0.4) is 0 Å². The molecule has 5 heteroatoms. The Balaban J connectivity index is 1.70. The van der Waals surface area contributed by atoms with Crippen LogP contribution in [0.2, 0.25) is 0 Å². The summed E-state index contributed by atoms with van der Waals surface area (Å²) in [6.45, 7) is 0.554. The smallest absolute Gasteiger partial charge is 0.252 e. The molecule has 2 aromatic carbocycles. The Morgan fingerprint density at radius 1 is 1.12 bits per heavy atom. The van der Waals surface area contributed by atoms with Crippen molar-refractivity contribution in [1.82, 2.24) is 10.3 Å². The first-order valence-corrected chi connectivity index (χ1v) is 7.87. The Hall–Kier alpha value is -3.08. The number of fused-ring (bicyclic) bond motifs is 2. The van der Waals surface area contributed by atoms with E-state index in [4.69, 9.17) is 4.74 Å². The van der Waals surface area contributed by atoms with Crippen LogP contribution >= 0.6 is 0 Å². The summed E-state index contributed by atoms with van der Waals surface area (Å²) in [5.74, 6) is 0.545. The van der Waals surface area contributed by atoms with Crippen LogP contribution in [-0.4, -0.2) is 17.5 Å². The van der Waals surface area contributed by atoms with Crippen molar-refractivity contribution < 1.29 is 9.53 Å². The highest BCUT2D eigenvalue weighted by atomic mass is 16.5. The monoisotopic (exact) mass is 320 g/mol. The highest BCUT2D eigenvalue weighted by Crippen LogP contribution is 2.31. The first-order valence-electron chi connectivity index (χ1n) is 7.87. The van der Waals surface area contributed by atoms with Crippen LogP contribution in [0, 0.1) is 0 Å². The molecule has 1 aliphatic rings. The van der Waals surface area contributed by atoms with E-state index in [9.17, 15) is 9.59 Å². The van der Waals surface area contributed by atoms with Gasteiger partial charge in [-0.15, -0.1) is 0 Å². The van der Waals surface area contributed by atoms with Gasteiger partial charge in [0, 0.05) is 29.0 Å². The van der Waals surface area contributed by atoms with Crippen molar-refractivity contribution in [3.63, 3.8) is 0 Å². The molecule has 2 heterocycles. The van der Waals surface area contributed by atoms with Gasteiger partial charge >= 0.3 is 0 Å². The van der Waals surface area contributed by atoms with E-state index >= 15 is 0 Å². The maximum atomic E-state index is 12.8. The number of nitrogens with one attached hydrogen (secondary N) is 2. The Morgan fingerprint density at radius 3 is 2.83 bits per heavy atom. The highest BCUT2D eigenvalue weighted by molar-refractivity contribution is 6.06. The summed E-state index contributed by atoms with van der Waals surface area (Å²) in [6, 6.07) is 16.2. The third-order valence-corrected chi connectivity index (χ3v) is 4.26. The van der Waals surface area contributed by atoms with Crippen LogP contribution in [0.5, 0.6) is 5.75 Å². The van der Waals surface area contributed by atoms with Gasteiger partial charge in [-0.3, -0.25) is 9.59 Å². The molecule has 0 bridgehead atoms. The summed E-state index contributed by atoms with van der Waals surface area (Å²) >= 11 is 0. The Labute approximate surface area is 138 Å². The molecule has 2 N–H and O–H groups in total. The van der Waals surface area contributed by atoms with E-state index in [1.165, 1.54) is 6.07 Å². The minimum atomic E-state index is -0.286. The minimum Gasteiger partial charge on any atom is -0.493 e. The standard InChI is InChI=1S/C19H16N2O3/c22-18-11-14(12-5-1-3-7-15(12)20-18)19(23)21-16-9-10-24-17-8-4-2-6-13(16)17/h1-8,11,16H,9-10H2,(H,20,22)(H,21,23)/t16-/m1/s1. The fraction of sp³-hybridized carbons (Fsp3) is 0.158. The van der Waals surface area contributed by atoms with Crippen molar-refractivity contribution in [2.45, 2.75) is 12.5 Å². The van der Waals surface area contributed by atoms with E-state index in [1.807, 2.05) is 42.5 Å². The molecule has 0 saturated heterocycles. The lowest BCUT2D eigenvalue weighted by molar-refractivity contribution is 0.0926. The molecule has 0 unspecified atom stereocenters. The van der Waals surface area contributed by atoms with E-state index in [1.54, 1.807) is 6.07 Å². The maximum Gasteiger partial charge on any atom is 0.252 e. The highest BCUT2D eigenvalue weighted by Gasteiger charge is 2.23. The van der Waals surface area contributed by atoms with Crippen molar-refractivity contribution in [2.24, 2.45) is 0 Å². The molecular weight excluding hydrogens is 304 g/mol. The van der Waals surface area contributed by atoms with Crippen molar-refractivity contribution in [3.05, 3.63) is 76.1 Å². The van der Waals surface area contributed by atoms with Gasteiger partial charge in [-0.25, -0.2) is 0 Å². The topological polar surface area (TPSA) is 71.2 Å². The Morgan fingerprint density at radius 2 is 1.92 bits per heavy atom. The number of para-hydroxylation sites is 2. The van der Waals surface area contributed by atoms with E-state index in [0.29, 0.717) is 24.1 Å². The zero-order valence-corrected chi connectivity index (χ0v) is 12.9. The van der Waals surface area contributed by atoms with Gasteiger partial charge in [-0.05, 0) is 12.1 Å². The van der Waals surface area contributed by atoms with Crippen LogP contribution < -0.4 is 15.6 Å². The molecule has 1 atom stereocenters. The lowest BCUT2D eigenvalue weighted by Crippen LogP contribution is -2.32. The van der Waals surface area contributed by atoms with Gasteiger partial charge in [-0.1, -0.05) is 36.4 Å². The number of hydrogen-bond acceptors (Lipinski definition) is 3. The normalized spacial score (nSPS) is 16.2. The number of ether oxygens (including phenoxy) is 1. The maximum absolute atomic E-state index is 12.8. The molecule has 1 aromatic heterocycles. The molecule has 0 radical (unpaired) electrons. The van der Waals surface area contributed by atoms with Crippen LogP contribution in [0.25, 0.3) is 10.9 Å². The summed E-state index contributed by atoms with van der Waals surface area (Å²) in [6.07, 6.45) is 0.698. The van der Waals surface area contributed by atoms with Crippen molar-refractivity contribution in [2.75, 3.05) is 6.61 Å². The number of pyridine rings is 1. The fourth-order valence-corrected chi connectivity index (χ4v) is 3.12. The minimum absolute atomic E-state index is 0.125. The third-order valence-electron chi connectivity index (χ3n) is 4.26. The van der Waals surface area contributed by atoms with Crippen molar-refractivity contribution in [3.8, 4) is 5.75 Å². The zero-order valence-electron chi connectivity index (χ0n) is 12.9. The van der Waals surface area contributed by atoms with Crippen LogP contribution in [-0.2, 0) is 0 Å². The van der Waals surface area contributed by atoms with E-state index in [-0.39, 0.29) is 17.5 Å². The van der Waals surface area contributed by atoms with E-state index < -0.39 is 0 Å². The van der Waals surface area contributed by atoms with Gasteiger partial charge in [0.2, 0.25) is 5.56 Å². The summed E-state index contributed by atoms with van der Waals surface area (Å²) in [5.41, 5.74) is 1.72. The number of carbonyl (C=O) groups excluding carboxylic acids is 1. The molecule has 0 saturated carbocycles. The lowest BCUT2D eigenvalue weighted by atomic mass is 9.99. The number of amides is 1. The van der Waals surface area contributed by atoms with Crippen LogP contribution in [0.4, 0.5) is 0 Å². The molecule has 1 amide bonds.